The number of hydrogen-bond acceptors (Lipinski definition) is 3. The second-order valence-electron chi connectivity index (χ2n) is 6.18. The van der Waals surface area contributed by atoms with Gasteiger partial charge in [-0.3, -0.25) is 4.79 Å². The number of Topliss-reactive ketones (excluding diaryl/α,β-unsaturated/α-hetero) is 1. The van der Waals surface area contributed by atoms with Crippen molar-refractivity contribution in [2.45, 2.75) is 31.4 Å². The van der Waals surface area contributed by atoms with Gasteiger partial charge in [0.05, 0.1) is 12.6 Å². The van der Waals surface area contributed by atoms with Crippen LogP contribution >= 0.6 is 0 Å². The molecule has 3 rings (SSSR count). The molecule has 2 amide bonds. The van der Waals surface area contributed by atoms with Crippen molar-refractivity contribution in [1.82, 2.24) is 5.32 Å². The molecule has 0 radical (unpaired) electrons. The van der Waals surface area contributed by atoms with E-state index >= 15 is 0 Å². The Bertz CT molecular complexity index is 804. The van der Waals surface area contributed by atoms with Gasteiger partial charge in [0.15, 0.2) is 5.78 Å². The van der Waals surface area contributed by atoms with Crippen LogP contribution in [0.3, 0.4) is 0 Å². The average molecular weight is 360 g/mol. The molecule has 26 heavy (non-hydrogen) atoms. The third kappa shape index (κ3) is 3.72. The van der Waals surface area contributed by atoms with Crippen LogP contribution in [-0.4, -0.2) is 23.0 Å². The summed E-state index contributed by atoms with van der Waals surface area (Å²) in [5.74, 6) is -2.73. The molecule has 7 heteroatoms. The summed E-state index contributed by atoms with van der Waals surface area (Å²) in [7, 11) is 0. The molecular formula is C19H18F2N2O3. The lowest BCUT2D eigenvalue weighted by molar-refractivity contribution is -0.119. The Morgan fingerprint density at radius 3 is 2.42 bits per heavy atom. The van der Waals surface area contributed by atoms with Crippen LogP contribution in [-0.2, 0) is 11.4 Å². The van der Waals surface area contributed by atoms with E-state index in [0.29, 0.717) is 5.69 Å². The molecule has 1 fully saturated rings. The highest BCUT2D eigenvalue weighted by atomic mass is 19.1. The number of benzene rings is 2. The van der Waals surface area contributed by atoms with Gasteiger partial charge in [-0.05, 0) is 36.2 Å². The van der Waals surface area contributed by atoms with Gasteiger partial charge in [-0.1, -0.05) is 18.2 Å². The van der Waals surface area contributed by atoms with Crippen molar-refractivity contribution in [2.75, 3.05) is 5.32 Å². The summed E-state index contributed by atoms with van der Waals surface area (Å²) in [6.45, 7) is -0.487. The summed E-state index contributed by atoms with van der Waals surface area (Å²) in [4.78, 5) is 24.3. The molecule has 5 nitrogen and oxygen atoms in total. The molecule has 0 bridgehead atoms. The quantitative estimate of drug-likeness (QED) is 0.784. The SMILES string of the molecule is O=C(Nc1ccccc1)N[C@@H]1C(=O)CCC1c1c(F)cc(CO)cc1F. The van der Waals surface area contributed by atoms with Crippen molar-refractivity contribution in [3.8, 4) is 0 Å². The first-order valence-corrected chi connectivity index (χ1v) is 8.23. The zero-order valence-electron chi connectivity index (χ0n) is 13.8. The van der Waals surface area contributed by atoms with Crippen LogP contribution in [0.2, 0.25) is 0 Å². The molecule has 1 aliphatic rings. The maximum absolute atomic E-state index is 14.3. The van der Waals surface area contributed by atoms with Crippen molar-refractivity contribution in [3.63, 3.8) is 0 Å². The number of para-hydroxylation sites is 1. The lowest BCUT2D eigenvalue weighted by Gasteiger charge is -2.22. The molecule has 1 unspecified atom stereocenters. The molecule has 0 aliphatic heterocycles. The Morgan fingerprint density at radius 1 is 1.15 bits per heavy atom. The van der Waals surface area contributed by atoms with Crippen molar-refractivity contribution in [3.05, 3.63) is 65.2 Å². The van der Waals surface area contributed by atoms with Crippen molar-refractivity contribution >= 4 is 17.5 Å². The number of aliphatic hydroxyl groups is 1. The largest absolute Gasteiger partial charge is 0.392 e. The molecule has 2 atom stereocenters. The molecule has 1 aliphatic carbocycles. The topological polar surface area (TPSA) is 78.4 Å². The number of rotatable bonds is 4. The van der Waals surface area contributed by atoms with Gasteiger partial charge in [0, 0.05) is 23.6 Å². The fraction of sp³-hybridized carbons (Fsp3) is 0.263. The Morgan fingerprint density at radius 2 is 1.81 bits per heavy atom. The van der Waals surface area contributed by atoms with E-state index in [1.807, 2.05) is 0 Å². The minimum atomic E-state index is -1.01. The van der Waals surface area contributed by atoms with Gasteiger partial charge in [-0.25, -0.2) is 13.6 Å². The smallest absolute Gasteiger partial charge is 0.319 e. The van der Waals surface area contributed by atoms with Gasteiger partial charge >= 0.3 is 6.03 Å². The minimum absolute atomic E-state index is 0.111. The highest BCUT2D eigenvalue weighted by Crippen LogP contribution is 2.36. The number of halogens is 2. The maximum Gasteiger partial charge on any atom is 0.319 e. The predicted molar refractivity (Wildman–Crippen MR) is 91.6 cm³/mol. The van der Waals surface area contributed by atoms with Gasteiger partial charge in [-0.15, -0.1) is 0 Å². The van der Waals surface area contributed by atoms with Crippen LogP contribution in [0.4, 0.5) is 19.3 Å². The number of nitrogens with one attached hydrogen (secondary N) is 2. The fourth-order valence-electron chi connectivity index (χ4n) is 3.25. The number of anilines is 1. The monoisotopic (exact) mass is 360 g/mol. The Labute approximate surface area is 149 Å². The molecule has 1 saturated carbocycles. The van der Waals surface area contributed by atoms with Crippen LogP contribution in [0, 0.1) is 11.6 Å². The third-order valence-corrected chi connectivity index (χ3v) is 4.46. The normalized spacial score (nSPS) is 19.4. The first kappa shape index (κ1) is 18.0. The summed E-state index contributed by atoms with van der Waals surface area (Å²) in [5, 5.41) is 14.2. The Kier molecular flexibility index (Phi) is 5.27. The van der Waals surface area contributed by atoms with Gasteiger partial charge in [0.1, 0.15) is 11.6 Å². The molecule has 2 aromatic carbocycles. The molecule has 0 spiro atoms. The molecular weight excluding hydrogens is 342 g/mol. The molecule has 0 heterocycles. The number of hydrogen-bond donors (Lipinski definition) is 3. The molecule has 3 N–H and O–H groups in total. The maximum atomic E-state index is 14.3. The van der Waals surface area contributed by atoms with E-state index in [1.54, 1.807) is 30.3 Å². The van der Waals surface area contributed by atoms with Crippen LogP contribution in [0.5, 0.6) is 0 Å². The second-order valence-corrected chi connectivity index (χ2v) is 6.18. The molecule has 136 valence electrons. The van der Waals surface area contributed by atoms with Gasteiger partial charge in [0.2, 0.25) is 0 Å². The van der Waals surface area contributed by atoms with Gasteiger partial charge in [-0.2, -0.15) is 0 Å². The number of urea groups is 1. The van der Waals surface area contributed by atoms with Crippen LogP contribution in [0.25, 0.3) is 0 Å². The summed E-state index contributed by atoms with van der Waals surface area (Å²) in [6.07, 6.45) is 0.364. The lowest BCUT2D eigenvalue weighted by Crippen LogP contribution is -2.43. The molecule has 0 aromatic heterocycles. The fourth-order valence-corrected chi connectivity index (χ4v) is 3.25. The van der Waals surface area contributed by atoms with E-state index in [2.05, 4.69) is 10.6 Å². The van der Waals surface area contributed by atoms with Crippen LogP contribution in [0.15, 0.2) is 42.5 Å². The number of carbonyl (C=O) groups excluding carboxylic acids is 2. The van der Waals surface area contributed by atoms with Gasteiger partial charge in [0.25, 0.3) is 0 Å². The Balaban J connectivity index is 1.80. The molecule has 2 aromatic rings. The first-order chi connectivity index (χ1) is 12.5. The highest BCUT2D eigenvalue weighted by Gasteiger charge is 2.39. The zero-order chi connectivity index (χ0) is 18.7. The van der Waals surface area contributed by atoms with E-state index in [-0.39, 0.29) is 29.8 Å². The number of amides is 2. The highest BCUT2D eigenvalue weighted by molar-refractivity contribution is 5.96. The van der Waals surface area contributed by atoms with E-state index < -0.39 is 36.2 Å². The lowest BCUT2D eigenvalue weighted by atomic mass is 9.92. The summed E-state index contributed by atoms with van der Waals surface area (Å²) >= 11 is 0. The number of ketones is 1. The van der Waals surface area contributed by atoms with Crippen molar-refractivity contribution in [1.29, 1.82) is 0 Å². The zero-order valence-corrected chi connectivity index (χ0v) is 13.8. The number of carbonyl (C=O) groups is 2. The van der Waals surface area contributed by atoms with Crippen LogP contribution in [0.1, 0.15) is 29.9 Å². The first-order valence-electron chi connectivity index (χ1n) is 8.23. The van der Waals surface area contributed by atoms with Crippen LogP contribution < -0.4 is 10.6 Å². The number of aliphatic hydroxyl groups excluding tert-OH is 1. The van der Waals surface area contributed by atoms with Crippen molar-refractivity contribution in [2.24, 2.45) is 0 Å². The van der Waals surface area contributed by atoms with E-state index in [0.717, 1.165) is 12.1 Å². The average Bonchev–Trinajstić information content (AvgIpc) is 2.95. The minimum Gasteiger partial charge on any atom is -0.392 e. The molecule has 0 saturated heterocycles. The summed E-state index contributed by atoms with van der Waals surface area (Å²) in [5.41, 5.74) is 0.411. The van der Waals surface area contributed by atoms with E-state index in [1.165, 1.54) is 0 Å². The Hall–Kier alpha value is -2.80. The van der Waals surface area contributed by atoms with E-state index in [9.17, 15) is 18.4 Å². The summed E-state index contributed by atoms with van der Waals surface area (Å²) < 4.78 is 28.7. The second kappa shape index (κ2) is 7.61. The summed E-state index contributed by atoms with van der Waals surface area (Å²) in [6, 6.07) is 9.10. The van der Waals surface area contributed by atoms with E-state index in [4.69, 9.17) is 5.11 Å². The predicted octanol–water partition coefficient (Wildman–Crippen LogP) is 3.09. The van der Waals surface area contributed by atoms with Gasteiger partial charge < -0.3 is 15.7 Å². The third-order valence-electron chi connectivity index (χ3n) is 4.46. The van der Waals surface area contributed by atoms with Crippen molar-refractivity contribution < 1.29 is 23.5 Å². The standard InChI is InChI=1S/C19H18F2N2O3/c20-14-8-11(10-24)9-15(21)17(14)13-6-7-16(25)18(13)23-19(26)22-12-4-2-1-3-5-12/h1-5,8-9,13,18,24H,6-7,10H2,(H2,22,23,26)/t13?,18-/m0/s1.